The maximum absolute atomic E-state index is 13.0. The molecule has 31 heavy (non-hydrogen) atoms. The highest BCUT2D eigenvalue weighted by Gasteiger charge is 2.36. The quantitative estimate of drug-likeness (QED) is 0.599. The van der Waals surface area contributed by atoms with Gasteiger partial charge in [-0.2, -0.15) is 5.26 Å². The van der Waals surface area contributed by atoms with Gasteiger partial charge in [-0.05, 0) is 45.1 Å². The lowest BCUT2D eigenvalue weighted by Crippen LogP contribution is -2.54. The van der Waals surface area contributed by atoms with Gasteiger partial charge < -0.3 is 25.6 Å². The third-order valence-corrected chi connectivity index (χ3v) is 6.03. The van der Waals surface area contributed by atoms with E-state index in [0.29, 0.717) is 25.7 Å². The van der Waals surface area contributed by atoms with Crippen molar-refractivity contribution >= 4 is 24.5 Å². The average molecular weight is 436 g/mol. The van der Waals surface area contributed by atoms with E-state index in [2.05, 4.69) is 22.0 Å². The summed E-state index contributed by atoms with van der Waals surface area (Å²) in [6.45, 7) is 6.00. The second-order valence-electron chi connectivity index (χ2n) is 8.78. The second kappa shape index (κ2) is 13.1. The third-order valence-electron chi connectivity index (χ3n) is 6.03. The van der Waals surface area contributed by atoms with Gasteiger partial charge >= 0.3 is 0 Å². The van der Waals surface area contributed by atoms with Gasteiger partial charge in [-0.1, -0.05) is 26.7 Å². The summed E-state index contributed by atoms with van der Waals surface area (Å²) in [5.41, 5.74) is 0. The second-order valence-corrected chi connectivity index (χ2v) is 8.78. The average Bonchev–Trinajstić information content (AvgIpc) is 3.10. The van der Waals surface area contributed by atoms with E-state index in [4.69, 9.17) is 4.79 Å². The van der Waals surface area contributed by atoms with Gasteiger partial charge in [0.1, 0.15) is 18.9 Å². The van der Waals surface area contributed by atoms with Gasteiger partial charge in [0.25, 0.3) is 0 Å². The van der Waals surface area contributed by atoms with Gasteiger partial charge in [-0.3, -0.25) is 14.4 Å². The van der Waals surface area contributed by atoms with Crippen molar-refractivity contribution in [1.82, 2.24) is 20.9 Å². The highest BCUT2D eigenvalue weighted by molar-refractivity contribution is 5.90. The van der Waals surface area contributed by atoms with Crippen LogP contribution < -0.4 is 16.0 Å². The monoisotopic (exact) mass is 435 g/mol. The van der Waals surface area contributed by atoms with E-state index in [1.807, 2.05) is 20.6 Å². The molecule has 2 fully saturated rings. The van der Waals surface area contributed by atoms with E-state index in [0.717, 1.165) is 19.3 Å². The summed E-state index contributed by atoms with van der Waals surface area (Å²) in [6, 6.07) is 0.472. The van der Waals surface area contributed by atoms with Gasteiger partial charge in [0.2, 0.25) is 17.7 Å². The number of amides is 3. The van der Waals surface area contributed by atoms with Crippen LogP contribution in [0.5, 0.6) is 0 Å². The fraction of sp³-hybridized carbons (Fsp3) is 0.773. The molecule has 5 unspecified atom stereocenters. The molecule has 0 spiro atoms. The van der Waals surface area contributed by atoms with Gasteiger partial charge in [-0.25, -0.2) is 0 Å². The first-order chi connectivity index (χ1) is 14.8. The fourth-order valence-electron chi connectivity index (χ4n) is 4.34. The van der Waals surface area contributed by atoms with Gasteiger partial charge in [-0.15, -0.1) is 0 Å². The zero-order valence-electron chi connectivity index (χ0n) is 19.1. The molecular weight excluding hydrogens is 398 g/mol. The summed E-state index contributed by atoms with van der Waals surface area (Å²) in [4.78, 5) is 47.9. The smallest absolute Gasteiger partial charge is 0.243 e. The predicted octanol–water partition coefficient (Wildman–Crippen LogP) is 0.740. The molecular formula is C22H37N5O4. The van der Waals surface area contributed by atoms with Crippen molar-refractivity contribution in [3.8, 4) is 6.07 Å². The SMILES string of the molecule is C=O.CNC1CCCCC2CC(CC(C#N)NC(=O)C(CC(C)C)N(C)C1=O)C(=O)N2. The predicted molar refractivity (Wildman–Crippen MR) is 117 cm³/mol. The van der Waals surface area contributed by atoms with E-state index in [1.54, 1.807) is 14.1 Å². The van der Waals surface area contributed by atoms with E-state index in [9.17, 15) is 19.6 Å². The van der Waals surface area contributed by atoms with E-state index < -0.39 is 12.1 Å². The number of carbonyl (C=O) groups excluding carboxylic acids is 4. The van der Waals surface area contributed by atoms with Crippen LogP contribution >= 0.6 is 0 Å². The number of fused-ring (bicyclic) bond motifs is 2. The minimum Gasteiger partial charge on any atom is -0.353 e. The van der Waals surface area contributed by atoms with Gasteiger partial charge in [0.05, 0.1) is 12.1 Å². The molecule has 0 aromatic heterocycles. The van der Waals surface area contributed by atoms with Crippen LogP contribution in [0.1, 0.15) is 58.8 Å². The molecule has 174 valence electrons. The Hall–Kier alpha value is -2.47. The van der Waals surface area contributed by atoms with E-state index in [-0.39, 0.29) is 41.6 Å². The Labute approximate surface area is 185 Å². The van der Waals surface area contributed by atoms with Crippen LogP contribution in [-0.4, -0.2) is 67.7 Å². The molecule has 3 N–H and O–H groups in total. The normalized spacial score (nSPS) is 30.3. The van der Waals surface area contributed by atoms with Crippen LogP contribution in [0, 0.1) is 23.2 Å². The Bertz CT molecular complexity index is 663. The van der Waals surface area contributed by atoms with Crippen molar-refractivity contribution in [3.05, 3.63) is 0 Å². The molecule has 3 amide bonds. The van der Waals surface area contributed by atoms with Crippen LogP contribution in [0.2, 0.25) is 0 Å². The van der Waals surface area contributed by atoms with E-state index >= 15 is 0 Å². The Kier molecular flexibility index (Phi) is 11.2. The zero-order chi connectivity index (χ0) is 23.6. The number of rotatable bonds is 3. The molecule has 2 bridgehead atoms. The molecule has 2 aliphatic heterocycles. The molecule has 2 aliphatic rings. The third kappa shape index (κ3) is 7.62. The zero-order valence-corrected chi connectivity index (χ0v) is 19.1. The summed E-state index contributed by atoms with van der Waals surface area (Å²) in [7, 11) is 3.42. The van der Waals surface area contributed by atoms with Crippen LogP contribution in [0.3, 0.4) is 0 Å². The van der Waals surface area contributed by atoms with Crippen molar-refractivity contribution < 1.29 is 19.2 Å². The Morgan fingerprint density at radius 2 is 1.77 bits per heavy atom. The molecule has 0 aromatic rings. The van der Waals surface area contributed by atoms with Crippen molar-refractivity contribution in [2.45, 2.75) is 83.0 Å². The standard InChI is InChI=1S/C21H35N5O3.CH2O/c1-13(2)9-18-20(28)25-16(12-22)11-14-10-15(24-19(14)27)7-5-6-8-17(23-3)21(29)26(18)4;1-2/h13-18,23H,5-11H2,1-4H3,(H,24,27)(H,25,28);1H2. The van der Waals surface area contributed by atoms with Gasteiger partial charge in [0, 0.05) is 19.0 Å². The first kappa shape index (κ1) is 26.6. The number of nitrogens with one attached hydrogen (secondary N) is 3. The van der Waals surface area contributed by atoms with Gasteiger partial charge in [0.15, 0.2) is 0 Å². The van der Waals surface area contributed by atoms with Crippen molar-refractivity contribution in [2.75, 3.05) is 14.1 Å². The molecule has 5 atom stereocenters. The number of hydrogen-bond acceptors (Lipinski definition) is 6. The highest BCUT2D eigenvalue weighted by Crippen LogP contribution is 2.25. The maximum atomic E-state index is 13.0. The van der Waals surface area contributed by atoms with Crippen molar-refractivity contribution in [3.63, 3.8) is 0 Å². The Morgan fingerprint density at radius 1 is 1.13 bits per heavy atom. The molecule has 2 rings (SSSR count). The lowest BCUT2D eigenvalue weighted by atomic mass is 9.94. The summed E-state index contributed by atoms with van der Waals surface area (Å²) in [5, 5.41) is 18.4. The molecule has 2 saturated heterocycles. The first-order valence-corrected chi connectivity index (χ1v) is 11.0. The molecule has 2 heterocycles. The number of nitrogens with zero attached hydrogens (tertiary/aromatic N) is 2. The summed E-state index contributed by atoms with van der Waals surface area (Å²) in [6.07, 6.45) is 4.83. The molecule has 0 aromatic carbocycles. The van der Waals surface area contributed by atoms with E-state index in [1.165, 1.54) is 4.90 Å². The minimum atomic E-state index is -0.750. The first-order valence-electron chi connectivity index (χ1n) is 11.0. The molecule has 0 saturated carbocycles. The molecule has 9 heteroatoms. The van der Waals surface area contributed by atoms with Crippen LogP contribution in [0.4, 0.5) is 0 Å². The highest BCUT2D eigenvalue weighted by atomic mass is 16.2. The van der Waals surface area contributed by atoms with Crippen molar-refractivity contribution in [2.24, 2.45) is 11.8 Å². The topological polar surface area (TPSA) is 131 Å². The Balaban J connectivity index is 0.00000233. The Morgan fingerprint density at radius 3 is 2.35 bits per heavy atom. The largest absolute Gasteiger partial charge is 0.353 e. The molecule has 0 radical (unpaired) electrons. The van der Waals surface area contributed by atoms with Crippen molar-refractivity contribution in [1.29, 1.82) is 5.26 Å². The number of nitriles is 1. The number of likely N-dealkylation sites (N-methyl/N-ethyl adjacent to an activating group) is 2. The summed E-state index contributed by atoms with van der Waals surface area (Å²) in [5.74, 6) is -0.524. The maximum Gasteiger partial charge on any atom is 0.243 e. The fourth-order valence-corrected chi connectivity index (χ4v) is 4.34. The summed E-state index contributed by atoms with van der Waals surface area (Å²) < 4.78 is 0. The number of carbonyl (C=O) groups is 4. The van der Waals surface area contributed by atoms with Crippen LogP contribution in [0.25, 0.3) is 0 Å². The lowest BCUT2D eigenvalue weighted by molar-refractivity contribution is -0.141. The van der Waals surface area contributed by atoms with Crippen LogP contribution in [-0.2, 0) is 19.2 Å². The molecule has 0 aliphatic carbocycles. The lowest BCUT2D eigenvalue weighted by Gasteiger charge is -2.32. The minimum absolute atomic E-state index is 0.0317. The number of hydrogen-bond donors (Lipinski definition) is 3. The van der Waals surface area contributed by atoms with Crippen LogP contribution in [0.15, 0.2) is 0 Å². The summed E-state index contributed by atoms with van der Waals surface area (Å²) >= 11 is 0. The molecule has 9 nitrogen and oxygen atoms in total.